The lowest BCUT2D eigenvalue weighted by Gasteiger charge is -2.25. The van der Waals surface area contributed by atoms with Crippen molar-refractivity contribution in [2.24, 2.45) is 5.92 Å². The average Bonchev–Trinajstić information content (AvgIpc) is 2.48. The normalized spacial score (nSPS) is 21.8. The summed E-state index contributed by atoms with van der Waals surface area (Å²) in [6.07, 6.45) is 2.28. The Hall–Kier alpha value is -1.95. The molecule has 1 aromatic rings. The number of para-hydroxylation sites is 1. The molecule has 0 bridgehead atoms. The molecule has 1 amide bonds. The fourth-order valence-corrected chi connectivity index (χ4v) is 2.42. The summed E-state index contributed by atoms with van der Waals surface area (Å²) >= 11 is 0. The Balaban J connectivity index is 1.73. The molecule has 1 fully saturated rings. The van der Waals surface area contributed by atoms with E-state index < -0.39 is 17.7 Å². The lowest BCUT2D eigenvalue weighted by molar-refractivity contribution is -0.144. The third-order valence-corrected chi connectivity index (χ3v) is 3.62. The van der Waals surface area contributed by atoms with Gasteiger partial charge in [-0.15, -0.1) is 0 Å². The number of hydrogen-bond donors (Lipinski definition) is 2. The van der Waals surface area contributed by atoms with E-state index in [1.807, 2.05) is 0 Å². The Kier molecular flexibility index (Phi) is 5.27. The standard InChI is InChI=1S/C15H18FNO4/c16-12-3-1-2-4-13(12)17-14(18)9-21-11-7-5-10(6-8-11)15(19)20/h1-4,10-11H,5-9H2,(H,17,18)(H,19,20). The topological polar surface area (TPSA) is 75.6 Å². The van der Waals surface area contributed by atoms with Crippen LogP contribution in [0.1, 0.15) is 25.7 Å². The number of anilines is 1. The number of carboxylic acid groups (broad SMARTS) is 1. The monoisotopic (exact) mass is 295 g/mol. The Morgan fingerprint density at radius 1 is 1.24 bits per heavy atom. The van der Waals surface area contributed by atoms with Gasteiger partial charge in [0.05, 0.1) is 17.7 Å². The highest BCUT2D eigenvalue weighted by Gasteiger charge is 2.26. The first-order chi connectivity index (χ1) is 10.1. The maximum absolute atomic E-state index is 13.4. The summed E-state index contributed by atoms with van der Waals surface area (Å²) in [7, 11) is 0. The second-order valence-corrected chi connectivity index (χ2v) is 5.15. The van der Waals surface area contributed by atoms with Crippen molar-refractivity contribution < 1.29 is 23.8 Å². The zero-order valence-electron chi connectivity index (χ0n) is 11.5. The number of carbonyl (C=O) groups excluding carboxylic acids is 1. The molecular weight excluding hydrogens is 277 g/mol. The number of ether oxygens (including phenoxy) is 1. The van der Waals surface area contributed by atoms with Gasteiger partial charge >= 0.3 is 5.97 Å². The Morgan fingerprint density at radius 3 is 2.52 bits per heavy atom. The molecule has 0 aliphatic heterocycles. The van der Waals surface area contributed by atoms with Crippen LogP contribution in [-0.2, 0) is 14.3 Å². The van der Waals surface area contributed by atoms with E-state index in [1.54, 1.807) is 12.1 Å². The van der Waals surface area contributed by atoms with Crippen LogP contribution >= 0.6 is 0 Å². The van der Waals surface area contributed by atoms with Gasteiger partial charge in [0.15, 0.2) is 0 Å². The van der Waals surface area contributed by atoms with Crippen molar-refractivity contribution in [1.29, 1.82) is 0 Å². The molecule has 1 saturated carbocycles. The lowest BCUT2D eigenvalue weighted by atomic mass is 9.87. The highest BCUT2D eigenvalue weighted by molar-refractivity contribution is 5.91. The Bertz CT molecular complexity index is 512. The summed E-state index contributed by atoms with van der Waals surface area (Å²) in [6.45, 7) is -0.156. The van der Waals surface area contributed by atoms with E-state index in [1.165, 1.54) is 12.1 Å². The number of carboxylic acids is 1. The number of carbonyl (C=O) groups is 2. The van der Waals surface area contributed by atoms with Crippen LogP contribution in [0.15, 0.2) is 24.3 Å². The predicted octanol–water partition coefficient (Wildman–Crippen LogP) is 2.42. The molecule has 2 rings (SSSR count). The van der Waals surface area contributed by atoms with Crippen molar-refractivity contribution in [1.82, 2.24) is 0 Å². The van der Waals surface area contributed by atoms with E-state index in [4.69, 9.17) is 9.84 Å². The van der Waals surface area contributed by atoms with Gasteiger partial charge in [0, 0.05) is 0 Å². The fourth-order valence-electron chi connectivity index (χ4n) is 2.42. The molecule has 0 unspecified atom stereocenters. The number of aliphatic carboxylic acids is 1. The summed E-state index contributed by atoms with van der Waals surface area (Å²) in [6, 6.07) is 5.92. The SMILES string of the molecule is O=C(COC1CCC(C(=O)O)CC1)Nc1ccccc1F. The molecule has 1 aromatic carbocycles. The van der Waals surface area contributed by atoms with Gasteiger partial charge < -0.3 is 15.2 Å². The van der Waals surface area contributed by atoms with Crippen molar-refractivity contribution >= 4 is 17.6 Å². The van der Waals surface area contributed by atoms with Crippen molar-refractivity contribution in [2.75, 3.05) is 11.9 Å². The molecule has 0 saturated heterocycles. The highest BCUT2D eigenvalue weighted by Crippen LogP contribution is 2.26. The number of amides is 1. The van der Waals surface area contributed by atoms with E-state index in [9.17, 15) is 14.0 Å². The number of hydrogen-bond acceptors (Lipinski definition) is 3. The first kappa shape index (κ1) is 15.4. The molecule has 21 heavy (non-hydrogen) atoms. The molecule has 1 aliphatic rings. The summed E-state index contributed by atoms with van der Waals surface area (Å²) in [5, 5.41) is 11.3. The van der Waals surface area contributed by atoms with Crippen LogP contribution in [0.3, 0.4) is 0 Å². The molecule has 0 radical (unpaired) electrons. The van der Waals surface area contributed by atoms with Crippen molar-refractivity contribution in [3.8, 4) is 0 Å². The zero-order valence-corrected chi connectivity index (χ0v) is 11.5. The van der Waals surface area contributed by atoms with Gasteiger partial charge in [-0.1, -0.05) is 12.1 Å². The number of benzene rings is 1. The maximum atomic E-state index is 13.4. The van der Waals surface area contributed by atoms with Gasteiger partial charge in [-0.25, -0.2) is 4.39 Å². The van der Waals surface area contributed by atoms with Gasteiger partial charge in [0.1, 0.15) is 12.4 Å². The molecule has 5 nitrogen and oxygen atoms in total. The number of nitrogens with one attached hydrogen (secondary N) is 1. The van der Waals surface area contributed by atoms with Gasteiger partial charge in [0.25, 0.3) is 0 Å². The second kappa shape index (κ2) is 7.17. The van der Waals surface area contributed by atoms with E-state index in [-0.39, 0.29) is 24.3 Å². The summed E-state index contributed by atoms with van der Waals surface area (Å²) in [4.78, 5) is 22.5. The summed E-state index contributed by atoms with van der Waals surface area (Å²) in [5.41, 5.74) is 0.126. The van der Waals surface area contributed by atoms with E-state index in [0.29, 0.717) is 25.7 Å². The van der Waals surface area contributed by atoms with Crippen LogP contribution in [0.25, 0.3) is 0 Å². The van der Waals surface area contributed by atoms with Crippen LogP contribution in [0.2, 0.25) is 0 Å². The molecule has 2 N–H and O–H groups in total. The first-order valence-corrected chi connectivity index (χ1v) is 6.95. The number of halogens is 1. The van der Waals surface area contributed by atoms with Crippen molar-refractivity contribution in [3.05, 3.63) is 30.1 Å². The molecule has 0 aromatic heterocycles. The van der Waals surface area contributed by atoms with Crippen LogP contribution in [0.4, 0.5) is 10.1 Å². The smallest absolute Gasteiger partial charge is 0.306 e. The van der Waals surface area contributed by atoms with Crippen molar-refractivity contribution in [2.45, 2.75) is 31.8 Å². The molecule has 1 aliphatic carbocycles. The Labute approximate surface area is 122 Å². The van der Waals surface area contributed by atoms with Crippen LogP contribution in [0, 0.1) is 11.7 Å². The average molecular weight is 295 g/mol. The summed E-state index contributed by atoms with van der Waals surface area (Å²) in [5.74, 6) is -1.99. The molecule has 0 heterocycles. The van der Waals surface area contributed by atoms with Crippen LogP contribution in [-0.4, -0.2) is 29.7 Å². The van der Waals surface area contributed by atoms with Crippen LogP contribution < -0.4 is 5.32 Å². The minimum atomic E-state index is -0.772. The second-order valence-electron chi connectivity index (χ2n) is 5.15. The van der Waals surface area contributed by atoms with E-state index in [0.717, 1.165) is 0 Å². The lowest BCUT2D eigenvalue weighted by Crippen LogP contribution is -2.29. The Morgan fingerprint density at radius 2 is 1.90 bits per heavy atom. The predicted molar refractivity (Wildman–Crippen MR) is 74.4 cm³/mol. The minimum absolute atomic E-state index is 0.105. The zero-order chi connectivity index (χ0) is 15.2. The molecule has 0 spiro atoms. The minimum Gasteiger partial charge on any atom is -0.481 e. The van der Waals surface area contributed by atoms with E-state index >= 15 is 0 Å². The third-order valence-electron chi connectivity index (χ3n) is 3.62. The maximum Gasteiger partial charge on any atom is 0.306 e. The van der Waals surface area contributed by atoms with Gasteiger partial charge in [-0.3, -0.25) is 9.59 Å². The first-order valence-electron chi connectivity index (χ1n) is 6.95. The third kappa shape index (κ3) is 4.53. The molecular formula is C15H18FNO4. The van der Waals surface area contributed by atoms with Gasteiger partial charge in [-0.2, -0.15) is 0 Å². The largest absolute Gasteiger partial charge is 0.481 e. The highest BCUT2D eigenvalue weighted by atomic mass is 19.1. The summed E-state index contributed by atoms with van der Waals surface area (Å²) < 4.78 is 18.8. The quantitative estimate of drug-likeness (QED) is 0.874. The van der Waals surface area contributed by atoms with Crippen molar-refractivity contribution in [3.63, 3.8) is 0 Å². The molecule has 114 valence electrons. The van der Waals surface area contributed by atoms with Gasteiger partial charge in [-0.05, 0) is 37.8 Å². The molecule has 6 heteroatoms. The van der Waals surface area contributed by atoms with Gasteiger partial charge in [0.2, 0.25) is 5.91 Å². The number of rotatable bonds is 5. The fraction of sp³-hybridized carbons (Fsp3) is 0.467. The van der Waals surface area contributed by atoms with E-state index in [2.05, 4.69) is 5.32 Å². The van der Waals surface area contributed by atoms with Crippen LogP contribution in [0.5, 0.6) is 0 Å². The molecule has 0 atom stereocenters.